The molecule has 3 aliphatic carbocycles. The molecule has 0 nitrogen and oxygen atoms in total. The van der Waals surface area contributed by atoms with Crippen LogP contribution in [0.15, 0.2) is 0 Å². The molecular weight excluding hydrogens is 168 g/mol. The van der Waals surface area contributed by atoms with Gasteiger partial charge in [-0.05, 0) is 53.3 Å². The second-order valence-corrected chi connectivity index (χ2v) is 6.97. The van der Waals surface area contributed by atoms with Gasteiger partial charge in [-0.2, -0.15) is 0 Å². The van der Waals surface area contributed by atoms with E-state index in [0.29, 0.717) is 0 Å². The Balaban J connectivity index is 1.88. The zero-order valence-electron chi connectivity index (χ0n) is 10.4. The minimum Gasteiger partial charge on any atom is -0.0628 e. The summed E-state index contributed by atoms with van der Waals surface area (Å²) < 4.78 is 0. The maximum absolute atomic E-state index is 2.57. The zero-order chi connectivity index (χ0) is 10.4. The highest BCUT2D eigenvalue weighted by molar-refractivity contribution is 5.46. The topological polar surface area (TPSA) is 0 Å². The molecule has 3 saturated carbocycles. The molecule has 2 unspecified atom stereocenters. The molecule has 0 aromatic carbocycles. The van der Waals surface area contributed by atoms with Crippen LogP contribution in [0, 0.1) is 34.0 Å². The highest BCUT2D eigenvalue weighted by Crippen LogP contribution is 3.04. The molecule has 0 radical (unpaired) electrons. The Morgan fingerprint density at radius 3 is 1.93 bits per heavy atom. The van der Waals surface area contributed by atoms with Gasteiger partial charge < -0.3 is 0 Å². The fourth-order valence-electron chi connectivity index (χ4n) is 5.51. The van der Waals surface area contributed by atoms with Crippen molar-refractivity contribution in [3.63, 3.8) is 0 Å². The van der Waals surface area contributed by atoms with Crippen LogP contribution in [0.1, 0.15) is 53.9 Å². The molecule has 0 heterocycles. The lowest BCUT2D eigenvalue weighted by molar-refractivity contribution is 0.140. The first-order valence-corrected chi connectivity index (χ1v) is 6.43. The Morgan fingerprint density at radius 2 is 1.64 bits per heavy atom. The van der Waals surface area contributed by atoms with Crippen LogP contribution >= 0.6 is 0 Å². The van der Waals surface area contributed by atoms with E-state index in [1.54, 1.807) is 0 Å². The molecule has 14 heavy (non-hydrogen) atoms. The smallest absolute Gasteiger partial charge is 0.0143 e. The first-order chi connectivity index (χ1) is 6.43. The summed E-state index contributed by atoms with van der Waals surface area (Å²) in [5.41, 5.74) is 2.27. The van der Waals surface area contributed by atoms with Crippen molar-refractivity contribution in [2.45, 2.75) is 53.9 Å². The van der Waals surface area contributed by atoms with E-state index >= 15 is 0 Å². The third kappa shape index (κ3) is 0.605. The van der Waals surface area contributed by atoms with E-state index in [2.05, 4.69) is 34.6 Å². The maximum atomic E-state index is 2.57. The molecule has 80 valence electrons. The van der Waals surface area contributed by atoms with Gasteiger partial charge in [0, 0.05) is 0 Å². The fourth-order valence-corrected chi connectivity index (χ4v) is 5.51. The summed E-state index contributed by atoms with van der Waals surface area (Å²) in [6.45, 7) is 12.4. The SMILES string of the molecule is CC(C)CC1(C2CC2)C2(C)C(C)C21C. The largest absolute Gasteiger partial charge is 0.0628 e. The van der Waals surface area contributed by atoms with Gasteiger partial charge in [-0.3, -0.25) is 0 Å². The average Bonchev–Trinajstić information content (AvgIpc) is 3.02. The highest BCUT2D eigenvalue weighted by atomic mass is 15.0. The number of fused-ring (bicyclic) bond motifs is 1. The monoisotopic (exact) mass is 192 g/mol. The first kappa shape index (κ1) is 9.24. The van der Waals surface area contributed by atoms with E-state index in [4.69, 9.17) is 0 Å². The predicted molar refractivity (Wildman–Crippen MR) is 60.0 cm³/mol. The van der Waals surface area contributed by atoms with Crippen molar-refractivity contribution >= 4 is 0 Å². The molecule has 3 aliphatic rings. The summed E-state index contributed by atoms with van der Waals surface area (Å²) in [4.78, 5) is 0. The average molecular weight is 192 g/mol. The van der Waals surface area contributed by atoms with Crippen molar-refractivity contribution in [3.8, 4) is 0 Å². The predicted octanol–water partition coefficient (Wildman–Crippen LogP) is 4.10. The Labute approximate surface area is 88.5 Å². The van der Waals surface area contributed by atoms with E-state index < -0.39 is 0 Å². The summed E-state index contributed by atoms with van der Waals surface area (Å²) in [5.74, 6) is 3.01. The van der Waals surface area contributed by atoms with Crippen molar-refractivity contribution in [3.05, 3.63) is 0 Å². The van der Waals surface area contributed by atoms with Crippen LogP contribution < -0.4 is 0 Å². The third-order valence-electron chi connectivity index (χ3n) is 6.52. The van der Waals surface area contributed by atoms with Crippen molar-refractivity contribution in [2.24, 2.45) is 34.0 Å². The Bertz CT molecular complexity index is 270. The lowest BCUT2D eigenvalue weighted by Gasteiger charge is -2.34. The van der Waals surface area contributed by atoms with E-state index in [0.717, 1.165) is 34.0 Å². The van der Waals surface area contributed by atoms with Gasteiger partial charge in [-0.15, -0.1) is 0 Å². The lowest BCUT2D eigenvalue weighted by Crippen LogP contribution is -2.28. The van der Waals surface area contributed by atoms with Crippen molar-refractivity contribution in [2.75, 3.05) is 0 Å². The summed E-state index contributed by atoms with van der Waals surface area (Å²) in [6, 6.07) is 0. The fraction of sp³-hybridized carbons (Fsp3) is 1.00. The molecule has 0 aliphatic heterocycles. The van der Waals surface area contributed by atoms with Gasteiger partial charge in [-0.1, -0.05) is 34.6 Å². The van der Waals surface area contributed by atoms with Gasteiger partial charge in [-0.25, -0.2) is 0 Å². The summed E-state index contributed by atoms with van der Waals surface area (Å²) >= 11 is 0. The van der Waals surface area contributed by atoms with Gasteiger partial charge in [0.25, 0.3) is 0 Å². The van der Waals surface area contributed by atoms with E-state index in [9.17, 15) is 0 Å². The first-order valence-electron chi connectivity index (χ1n) is 6.43. The van der Waals surface area contributed by atoms with Gasteiger partial charge >= 0.3 is 0 Å². The second-order valence-electron chi connectivity index (χ2n) is 6.97. The molecule has 0 bridgehead atoms. The summed E-state index contributed by atoms with van der Waals surface area (Å²) in [7, 11) is 0. The van der Waals surface area contributed by atoms with E-state index in [1.807, 2.05) is 0 Å². The van der Waals surface area contributed by atoms with Crippen LogP contribution in [-0.4, -0.2) is 0 Å². The van der Waals surface area contributed by atoms with Crippen LogP contribution in [0.3, 0.4) is 0 Å². The van der Waals surface area contributed by atoms with E-state index in [-0.39, 0.29) is 0 Å². The van der Waals surface area contributed by atoms with Gasteiger partial charge in [0.15, 0.2) is 0 Å². The molecule has 3 fully saturated rings. The maximum Gasteiger partial charge on any atom is -0.0143 e. The highest BCUT2D eigenvalue weighted by Gasteiger charge is 3.00. The molecule has 0 aromatic heterocycles. The standard InChI is InChI=1S/C14H24/c1-9(2)8-14(11-6-7-11)12(4)10(3)13(12,14)5/h9-11H,6-8H2,1-5H3. The molecule has 0 spiro atoms. The van der Waals surface area contributed by atoms with E-state index in [1.165, 1.54) is 19.3 Å². The Morgan fingerprint density at radius 1 is 1.14 bits per heavy atom. The molecule has 0 amide bonds. The summed E-state index contributed by atoms with van der Waals surface area (Å²) in [6.07, 6.45) is 4.56. The van der Waals surface area contributed by atoms with Crippen LogP contribution in [0.4, 0.5) is 0 Å². The van der Waals surface area contributed by atoms with Crippen molar-refractivity contribution in [1.82, 2.24) is 0 Å². The van der Waals surface area contributed by atoms with Gasteiger partial charge in [0.1, 0.15) is 0 Å². The van der Waals surface area contributed by atoms with Crippen molar-refractivity contribution in [1.29, 1.82) is 0 Å². The Hall–Kier alpha value is 0. The quantitative estimate of drug-likeness (QED) is 0.631. The molecule has 2 atom stereocenters. The minimum atomic E-state index is 0.742. The molecule has 0 heteroatoms. The van der Waals surface area contributed by atoms with Crippen LogP contribution in [0.2, 0.25) is 0 Å². The number of hydrogen-bond donors (Lipinski definition) is 0. The minimum absolute atomic E-state index is 0.742. The summed E-state index contributed by atoms with van der Waals surface area (Å²) in [5, 5.41) is 0. The number of rotatable bonds is 3. The van der Waals surface area contributed by atoms with Crippen LogP contribution in [0.25, 0.3) is 0 Å². The number of hydrogen-bond acceptors (Lipinski definition) is 0. The van der Waals surface area contributed by atoms with Crippen LogP contribution in [-0.2, 0) is 0 Å². The lowest BCUT2D eigenvalue weighted by atomic mass is 9.70. The molecular formula is C14H24. The molecule has 3 rings (SSSR count). The van der Waals surface area contributed by atoms with Gasteiger partial charge in [0.2, 0.25) is 0 Å². The molecule has 0 aromatic rings. The Kier molecular flexibility index (Phi) is 1.37. The third-order valence-corrected chi connectivity index (χ3v) is 6.52. The second kappa shape index (κ2) is 2.08. The zero-order valence-corrected chi connectivity index (χ0v) is 10.4. The van der Waals surface area contributed by atoms with Gasteiger partial charge in [0.05, 0.1) is 0 Å². The molecule has 0 N–H and O–H groups in total. The van der Waals surface area contributed by atoms with Crippen LogP contribution in [0.5, 0.6) is 0 Å². The van der Waals surface area contributed by atoms with Crippen molar-refractivity contribution < 1.29 is 0 Å². The molecule has 0 saturated heterocycles. The normalized spacial score (nSPS) is 60.0.